The molecule has 1 aromatic heterocycles. The minimum Gasteiger partial charge on any atom is -0.338 e. The summed E-state index contributed by atoms with van der Waals surface area (Å²) in [6.45, 7) is 5.56. The predicted molar refractivity (Wildman–Crippen MR) is 79.9 cm³/mol. The lowest BCUT2D eigenvalue weighted by Gasteiger charge is -2.35. The molecule has 3 rings (SSSR count). The van der Waals surface area contributed by atoms with E-state index in [1.165, 1.54) is 18.2 Å². The van der Waals surface area contributed by atoms with E-state index in [-0.39, 0.29) is 16.9 Å². The van der Waals surface area contributed by atoms with Gasteiger partial charge in [0.25, 0.3) is 5.91 Å². The Hall–Kier alpha value is -2.05. The van der Waals surface area contributed by atoms with E-state index in [0.29, 0.717) is 30.5 Å². The van der Waals surface area contributed by atoms with Gasteiger partial charge in [-0.1, -0.05) is 13.8 Å². The first-order valence-electron chi connectivity index (χ1n) is 7.60. The lowest BCUT2D eigenvalue weighted by molar-refractivity contribution is -0.144. The summed E-state index contributed by atoms with van der Waals surface area (Å²) in [5.41, 5.74) is 0.812. The van der Waals surface area contributed by atoms with Crippen LogP contribution in [0.2, 0.25) is 0 Å². The van der Waals surface area contributed by atoms with Crippen LogP contribution in [0.5, 0.6) is 0 Å². The van der Waals surface area contributed by atoms with Crippen LogP contribution in [0.3, 0.4) is 0 Å². The average Bonchev–Trinajstić information content (AvgIpc) is 2.88. The molecule has 0 spiro atoms. The maximum Gasteiger partial charge on any atom is 0.449 e. The molecule has 1 aliphatic heterocycles. The monoisotopic (exact) mass is 325 g/mol. The molecular weight excluding hydrogens is 307 g/mol. The Morgan fingerprint density at radius 2 is 1.91 bits per heavy atom. The van der Waals surface area contributed by atoms with E-state index in [9.17, 15) is 18.0 Å². The normalized spacial score (nSPS) is 22.6. The molecule has 4 nitrogen and oxygen atoms in total. The number of aromatic amines is 1. The van der Waals surface area contributed by atoms with E-state index >= 15 is 0 Å². The molecule has 124 valence electrons. The molecule has 0 aliphatic carbocycles. The second-order valence-electron chi connectivity index (χ2n) is 6.47. The summed E-state index contributed by atoms with van der Waals surface area (Å²) < 4.78 is 38.1. The number of carbonyl (C=O) groups is 1. The summed E-state index contributed by atoms with van der Waals surface area (Å²) in [5, 5.41) is 0. The first-order valence-corrected chi connectivity index (χ1v) is 7.60. The molecule has 1 amide bonds. The topological polar surface area (TPSA) is 49.0 Å². The molecule has 1 fully saturated rings. The zero-order valence-corrected chi connectivity index (χ0v) is 12.9. The van der Waals surface area contributed by atoms with E-state index in [1.807, 2.05) is 0 Å². The highest BCUT2D eigenvalue weighted by atomic mass is 19.4. The number of benzene rings is 1. The largest absolute Gasteiger partial charge is 0.449 e. The Morgan fingerprint density at radius 1 is 1.26 bits per heavy atom. The van der Waals surface area contributed by atoms with Crippen molar-refractivity contribution in [3.63, 3.8) is 0 Å². The van der Waals surface area contributed by atoms with Gasteiger partial charge in [0, 0.05) is 18.7 Å². The van der Waals surface area contributed by atoms with Crippen LogP contribution in [0.4, 0.5) is 13.2 Å². The smallest absolute Gasteiger partial charge is 0.338 e. The van der Waals surface area contributed by atoms with Gasteiger partial charge in [-0.05, 0) is 36.5 Å². The molecule has 0 saturated carbocycles. The van der Waals surface area contributed by atoms with Crippen LogP contribution in [-0.4, -0.2) is 33.9 Å². The summed E-state index contributed by atoms with van der Waals surface area (Å²) in [5.74, 6) is -0.336. The summed E-state index contributed by atoms with van der Waals surface area (Å²) in [6.07, 6.45) is -3.45. The Balaban J connectivity index is 1.89. The lowest BCUT2D eigenvalue weighted by atomic mass is 9.91. The van der Waals surface area contributed by atoms with Crippen LogP contribution in [-0.2, 0) is 6.18 Å². The molecule has 23 heavy (non-hydrogen) atoms. The molecule has 2 atom stereocenters. The number of piperidine rings is 1. The molecule has 0 radical (unpaired) electrons. The standard InChI is InChI=1S/C16H18F3N3O/c1-9-5-10(2)8-22(7-9)14(23)11-3-4-12-13(6-11)21-15(20-12)16(17,18)19/h3-4,6,9-10H,5,7-8H2,1-2H3,(H,20,21). The number of rotatable bonds is 1. The third kappa shape index (κ3) is 3.18. The highest BCUT2D eigenvalue weighted by molar-refractivity contribution is 5.97. The summed E-state index contributed by atoms with van der Waals surface area (Å²) in [4.78, 5) is 20.1. The molecule has 1 aromatic carbocycles. The van der Waals surface area contributed by atoms with Crippen LogP contribution < -0.4 is 0 Å². The van der Waals surface area contributed by atoms with Crippen LogP contribution >= 0.6 is 0 Å². The third-order valence-corrected chi connectivity index (χ3v) is 4.15. The fourth-order valence-electron chi connectivity index (χ4n) is 3.29. The first kappa shape index (κ1) is 15.8. The minimum absolute atomic E-state index is 0.145. The van der Waals surface area contributed by atoms with E-state index in [1.54, 1.807) is 4.90 Å². The van der Waals surface area contributed by atoms with E-state index < -0.39 is 12.0 Å². The number of fused-ring (bicyclic) bond motifs is 1. The quantitative estimate of drug-likeness (QED) is 0.869. The first-order chi connectivity index (χ1) is 10.7. The minimum atomic E-state index is -4.53. The SMILES string of the molecule is CC1CC(C)CN(C(=O)c2ccc3nc(C(F)(F)F)[nH]c3c2)C1. The van der Waals surface area contributed by atoms with Gasteiger partial charge in [0.05, 0.1) is 11.0 Å². The Labute approximate surface area is 131 Å². The number of likely N-dealkylation sites (tertiary alicyclic amines) is 1. The van der Waals surface area contributed by atoms with Gasteiger partial charge in [0.15, 0.2) is 0 Å². The Kier molecular flexibility index (Phi) is 3.82. The number of nitrogens with zero attached hydrogens (tertiary/aromatic N) is 2. The van der Waals surface area contributed by atoms with Crippen molar-refractivity contribution in [2.24, 2.45) is 11.8 Å². The summed E-state index contributed by atoms with van der Waals surface area (Å²) in [6, 6.07) is 4.44. The van der Waals surface area contributed by atoms with Crippen molar-refractivity contribution in [3.05, 3.63) is 29.6 Å². The lowest BCUT2D eigenvalue weighted by Crippen LogP contribution is -2.42. The van der Waals surface area contributed by atoms with Crippen molar-refractivity contribution < 1.29 is 18.0 Å². The molecule has 2 aromatic rings. The molecule has 1 aliphatic rings. The number of aromatic nitrogens is 2. The van der Waals surface area contributed by atoms with Crippen molar-refractivity contribution in [2.75, 3.05) is 13.1 Å². The zero-order chi connectivity index (χ0) is 16.8. The number of halogens is 3. The number of hydrogen-bond donors (Lipinski definition) is 1. The van der Waals surface area contributed by atoms with Gasteiger partial charge in [-0.2, -0.15) is 13.2 Å². The van der Waals surface area contributed by atoms with Gasteiger partial charge < -0.3 is 9.88 Å². The van der Waals surface area contributed by atoms with E-state index in [2.05, 4.69) is 23.8 Å². The average molecular weight is 325 g/mol. The second kappa shape index (κ2) is 5.54. The van der Waals surface area contributed by atoms with Crippen molar-refractivity contribution in [1.82, 2.24) is 14.9 Å². The third-order valence-electron chi connectivity index (χ3n) is 4.15. The van der Waals surface area contributed by atoms with Crippen molar-refractivity contribution in [1.29, 1.82) is 0 Å². The number of carbonyl (C=O) groups excluding carboxylic acids is 1. The molecule has 1 N–H and O–H groups in total. The highest BCUT2D eigenvalue weighted by Crippen LogP contribution is 2.29. The van der Waals surface area contributed by atoms with Gasteiger partial charge in [-0.3, -0.25) is 4.79 Å². The van der Waals surface area contributed by atoms with Gasteiger partial charge in [0.2, 0.25) is 5.82 Å². The molecule has 1 saturated heterocycles. The highest BCUT2D eigenvalue weighted by Gasteiger charge is 2.35. The van der Waals surface area contributed by atoms with Gasteiger partial charge in [0.1, 0.15) is 0 Å². The van der Waals surface area contributed by atoms with Crippen molar-refractivity contribution in [3.8, 4) is 0 Å². The van der Waals surface area contributed by atoms with Crippen LogP contribution in [0.1, 0.15) is 36.5 Å². The predicted octanol–water partition coefficient (Wildman–Crippen LogP) is 3.70. The fourth-order valence-corrected chi connectivity index (χ4v) is 3.29. The van der Waals surface area contributed by atoms with Crippen molar-refractivity contribution in [2.45, 2.75) is 26.4 Å². The number of hydrogen-bond acceptors (Lipinski definition) is 2. The van der Waals surface area contributed by atoms with E-state index in [4.69, 9.17) is 0 Å². The number of nitrogens with one attached hydrogen (secondary N) is 1. The van der Waals surface area contributed by atoms with Crippen LogP contribution in [0.25, 0.3) is 11.0 Å². The van der Waals surface area contributed by atoms with Gasteiger partial charge in [-0.15, -0.1) is 0 Å². The fraction of sp³-hybridized carbons (Fsp3) is 0.500. The number of H-pyrrole nitrogens is 1. The molecule has 7 heteroatoms. The number of amides is 1. The molecule has 2 heterocycles. The zero-order valence-electron chi connectivity index (χ0n) is 12.9. The maximum absolute atomic E-state index is 12.7. The number of imidazole rings is 1. The second-order valence-corrected chi connectivity index (χ2v) is 6.47. The van der Waals surface area contributed by atoms with Crippen LogP contribution in [0.15, 0.2) is 18.2 Å². The van der Waals surface area contributed by atoms with Crippen molar-refractivity contribution >= 4 is 16.9 Å². The summed E-state index contributed by atoms with van der Waals surface area (Å²) in [7, 11) is 0. The summed E-state index contributed by atoms with van der Waals surface area (Å²) >= 11 is 0. The van der Waals surface area contributed by atoms with Gasteiger partial charge >= 0.3 is 6.18 Å². The van der Waals surface area contributed by atoms with Crippen LogP contribution in [0, 0.1) is 11.8 Å². The Bertz CT molecular complexity index is 728. The maximum atomic E-state index is 12.7. The molecule has 2 unspecified atom stereocenters. The van der Waals surface area contributed by atoms with Gasteiger partial charge in [-0.25, -0.2) is 4.98 Å². The Morgan fingerprint density at radius 3 is 2.52 bits per heavy atom. The molecule has 0 bridgehead atoms. The van der Waals surface area contributed by atoms with E-state index in [0.717, 1.165) is 6.42 Å². The molecular formula is C16H18F3N3O. The number of alkyl halides is 3.